The summed E-state index contributed by atoms with van der Waals surface area (Å²) < 4.78 is 5.41. The van der Waals surface area contributed by atoms with Gasteiger partial charge in [0.1, 0.15) is 5.69 Å². The molecule has 0 aliphatic rings. The van der Waals surface area contributed by atoms with Crippen LogP contribution in [0.4, 0.5) is 11.4 Å². The van der Waals surface area contributed by atoms with E-state index in [1.54, 1.807) is 6.07 Å². The lowest BCUT2D eigenvalue weighted by atomic mass is 10.1. The summed E-state index contributed by atoms with van der Waals surface area (Å²) in [7, 11) is 0. The smallest absolute Gasteiger partial charge is 0.221 e. The van der Waals surface area contributed by atoms with E-state index in [0.29, 0.717) is 24.5 Å². The SMILES string of the molecule is CCOc1c(CC)cc(NC(C)=O)cc1N(O)O. The Morgan fingerprint density at radius 1 is 1.39 bits per heavy atom. The van der Waals surface area contributed by atoms with E-state index in [1.165, 1.54) is 13.0 Å². The summed E-state index contributed by atoms with van der Waals surface area (Å²) >= 11 is 0. The van der Waals surface area contributed by atoms with Crippen LogP contribution in [0.15, 0.2) is 12.1 Å². The van der Waals surface area contributed by atoms with Crippen molar-refractivity contribution in [1.82, 2.24) is 0 Å². The quantitative estimate of drug-likeness (QED) is 0.702. The molecule has 100 valence electrons. The number of carbonyl (C=O) groups excluding carboxylic acids is 1. The van der Waals surface area contributed by atoms with E-state index in [0.717, 1.165) is 5.56 Å². The Morgan fingerprint density at radius 2 is 2.06 bits per heavy atom. The fourth-order valence-corrected chi connectivity index (χ4v) is 1.67. The fraction of sp³-hybridized carbons (Fsp3) is 0.417. The zero-order chi connectivity index (χ0) is 13.7. The maximum Gasteiger partial charge on any atom is 0.221 e. The van der Waals surface area contributed by atoms with E-state index >= 15 is 0 Å². The van der Waals surface area contributed by atoms with Crippen LogP contribution in [0.25, 0.3) is 0 Å². The predicted octanol–water partition coefficient (Wildman–Crippen LogP) is 2.19. The molecule has 3 N–H and O–H groups in total. The normalized spacial score (nSPS) is 10.1. The van der Waals surface area contributed by atoms with E-state index in [2.05, 4.69) is 5.32 Å². The number of hydrogen-bond donors (Lipinski definition) is 3. The lowest BCUT2D eigenvalue weighted by molar-refractivity contribution is -0.114. The van der Waals surface area contributed by atoms with Gasteiger partial charge in [-0.25, -0.2) is 0 Å². The molecule has 6 heteroatoms. The zero-order valence-corrected chi connectivity index (χ0v) is 10.7. The molecule has 0 radical (unpaired) electrons. The molecular formula is C12H18N2O4. The molecule has 18 heavy (non-hydrogen) atoms. The van der Waals surface area contributed by atoms with Gasteiger partial charge in [-0.15, -0.1) is 5.23 Å². The van der Waals surface area contributed by atoms with E-state index in [1.807, 2.05) is 13.8 Å². The van der Waals surface area contributed by atoms with E-state index in [9.17, 15) is 15.2 Å². The number of aryl methyl sites for hydroxylation is 1. The first-order valence-electron chi connectivity index (χ1n) is 5.74. The molecule has 0 unspecified atom stereocenters. The van der Waals surface area contributed by atoms with Crippen molar-refractivity contribution in [3.05, 3.63) is 17.7 Å². The van der Waals surface area contributed by atoms with Crippen molar-refractivity contribution < 1.29 is 19.9 Å². The van der Waals surface area contributed by atoms with Gasteiger partial charge in [-0.05, 0) is 31.0 Å². The number of benzene rings is 1. The summed E-state index contributed by atoms with van der Waals surface area (Å²) in [6, 6.07) is 3.19. The zero-order valence-electron chi connectivity index (χ0n) is 10.7. The molecule has 0 bridgehead atoms. The third kappa shape index (κ3) is 3.35. The lowest BCUT2D eigenvalue weighted by Gasteiger charge is -2.18. The number of amides is 1. The molecule has 0 spiro atoms. The van der Waals surface area contributed by atoms with Crippen LogP contribution < -0.4 is 15.3 Å². The molecule has 0 aliphatic heterocycles. The molecule has 1 aromatic carbocycles. The largest absolute Gasteiger partial charge is 0.491 e. The minimum atomic E-state index is -0.227. The van der Waals surface area contributed by atoms with E-state index in [-0.39, 0.29) is 16.8 Å². The topological polar surface area (TPSA) is 82.0 Å². The van der Waals surface area contributed by atoms with Gasteiger partial charge in [0.15, 0.2) is 5.75 Å². The summed E-state index contributed by atoms with van der Waals surface area (Å²) in [4.78, 5) is 11.0. The second-order valence-electron chi connectivity index (χ2n) is 3.74. The highest BCUT2D eigenvalue weighted by Gasteiger charge is 2.15. The van der Waals surface area contributed by atoms with Crippen LogP contribution in [0.1, 0.15) is 26.3 Å². The van der Waals surface area contributed by atoms with Gasteiger partial charge >= 0.3 is 0 Å². The Bertz CT molecular complexity index is 432. The molecule has 0 heterocycles. The van der Waals surface area contributed by atoms with Crippen LogP contribution in [-0.2, 0) is 11.2 Å². The van der Waals surface area contributed by atoms with Crippen molar-refractivity contribution >= 4 is 17.3 Å². The molecule has 1 amide bonds. The predicted molar refractivity (Wildman–Crippen MR) is 67.3 cm³/mol. The lowest BCUT2D eigenvalue weighted by Crippen LogP contribution is -2.15. The first-order chi connectivity index (χ1) is 8.49. The third-order valence-corrected chi connectivity index (χ3v) is 2.35. The Balaban J connectivity index is 3.28. The molecule has 0 saturated heterocycles. The summed E-state index contributed by atoms with van der Waals surface area (Å²) in [6.07, 6.45) is 0.642. The number of nitrogens with one attached hydrogen (secondary N) is 1. The van der Waals surface area contributed by atoms with Gasteiger partial charge in [0.05, 0.1) is 6.61 Å². The fourth-order valence-electron chi connectivity index (χ4n) is 1.67. The van der Waals surface area contributed by atoms with Gasteiger partial charge in [-0.2, -0.15) is 0 Å². The van der Waals surface area contributed by atoms with E-state index in [4.69, 9.17) is 4.74 Å². The highest BCUT2D eigenvalue weighted by Crippen LogP contribution is 2.35. The Hall–Kier alpha value is -1.79. The van der Waals surface area contributed by atoms with Crippen LogP contribution in [-0.4, -0.2) is 22.9 Å². The Kier molecular flexibility index (Phi) is 4.94. The average molecular weight is 254 g/mol. The van der Waals surface area contributed by atoms with Crippen LogP contribution in [0, 0.1) is 0 Å². The van der Waals surface area contributed by atoms with Gasteiger partial charge in [0, 0.05) is 12.6 Å². The van der Waals surface area contributed by atoms with Crippen LogP contribution in [0.5, 0.6) is 5.75 Å². The van der Waals surface area contributed by atoms with Gasteiger partial charge in [-0.1, -0.05) is 6.92 Å². The summed E-state index contributed by atoms with van der Waals surface area (Å²) in [5.41, 5.74) is 1.37. The average Bonchev–Trinajstić information content (AvgIpc) is 2.29. The number of ether oxygens (including phenoxy) is 1. The maximum absolute atomic E-state index is 11.0. The van der Waals surface area contributed by atoms with Gasteiger partial charge < -0.3 is 10.1 Å². The summed E-state index contributed by atoms with van der Waals surface area (Å²) in [5.74, 6) is 0.175. The third-order valence-electron chi connectivity index (χ3n) is 2.35. The summed E-state index contributed by atoms with van der Waals surface area (Å²) in [6.45, 7) is 5.52. The number of rotatable bonds is 5. The first-order valence-corrected chi connectivity index (χ1v) is 5.74. The second-order valence-corrected chi connectivity index (χ2v) is 3.74. The Morgan fingerprint density at radius 3 is 2.50 bits per heavy atom. The van der Waals surface area contributed by atoms with Crippen molar-refractivity contribution in [2.24, 2.45) is 0 Å². The highest BCUT2D eigenvalue weighted by molar-refractivity contribution is 5.90. The second kappa shape index (κ2) is 6.23. The monoisotopic (exact) mass is 254 g/mol. The van der Waals surface area contributed by atoms with Gasteiger partial charge in [-0.3, -0.25) is 15.2 Å². The van der Waals surface area contributed by atoms with E-state index < -0.39 is 0 Å². The highest BCUT2D eigenvalue weighted by atomic mass is 16.8. The number of anilines is 2. The van der Waals surface area contributed by atoms with Crippen molar-refractivity contribution in [3.63, 3.8) is 0 Å². The minimum Gasteiger partial charge on any atom is -0.491 e. The molecule has 1 aromatic rings. The Labute approximate surface area is 106 Å². The number of nitrogens with zero attached hydrogens (tertiary/aromatic N) is 1. The number of hydrogen-bond acceptors (Lipinski definition) is 5. The summed E-state index contributed by atoms with van der Waals surface area (Å²) in [5, 5.41) is 21.0. The van der Waals surface area contributed by atoms with Crippen LogP contribution in [0.2, 0.25) is 0 Å². The molecule has 1 rings (SSSR count). The molecule has 0 fully saturated rings. The standard InChI is InChI=1S/C12H18N2O4/c1-4-9-6-10(13-8(3)15)7-11(14(16)17)12(9)18-5-2/h6-7,16-17H,4-5H2,1-3H3,(H,13,15). The molecule has 0 saturated carbocycles. The van der Waals surface area contributed by atoms with Crippen LogP contribution >= 0.6 is 0 Å². The maximum atomic E-state index is 11.0. The molecule has 6 nitrogen and oxygen atoms in total. The van der Waals surface area contributed by atoms with Crippen molar-refractivity contribution in [1.29, 1.82) is 0 Å². The van der Waals surface area contributed by atoms with Crippen molar-refractivity contribution in [2.75, 3.05) is 17.2 Å². The van der Waals surface area contributed by atoms with Gasteiger partial charge in [0.2, 0.25) is 5.91 Å². The molecule has 0 aliphatic carbocycles. The van der Waals surface area contributed by atoms with Crippen molar-refractivity contribution in [3.8, 4) is 5.75 Å². The minimum absolute atomic E-state index is 0.00449. The molecule has 0 aromatic heterocycles. The first kappa shape index (κ1) is 14.3. The van der Waals surface area contributed by atoms with Gasteiger partial charge in [0.25, 0.3) is 0 Å². The number of carbonyl (C=O) groups is 1. The van der Waals surface area contributed by atoms with Crippen molar-refractivity contribution in [2.45, 2.75) is 27.2 Å². The molecule has 0 atom stereocenters. The molecular weight excluding hydrogens is 236 g/mol. The van der Waals surface area contributed by atoms with Crippen LogP contribution in [0.3, 0.4) is 0 Å².